The first-order chi connectivity index (χ1) is 12.7. The van der Waals surface area contributed by atoms with Gasteiger partial charge in [-0.2, -0.15) is 0 Å². The summed E-state index contributed by atoms with van der Waals surface area (Å²) >= 11 is 0. The van der Waals surface area contributed by atoms with E-state index < -0.39 is 32.3 Å². The summed E-state index contributed by atoms with van der Waals surface area (Å²) in [5, 5.41) is 29.1. The minimum atomic E-state index is -4.84. The molecule has 0 amide bonds. The Morgan fingerprint density at radius 1 is 0.929 bits per heavy atom. The van der Waals surface area contributed by atoms with Crippen LogP contribution in [-0.4, -0.2) is 34.1 Å². The van der Waals surface area contributed by atoms with Crippen molar-refractivity contribution in [1.29, 1.82) is 0 Å². The zero-order chi connectivity index (χ0) is 19.8. The van der Waals surface area contributed by atoms with Crippen LogP contribution in [0.15, 0.2) is 76.9 Å². The van der Waals surface area contributed by atoms with Gasteiger partial charge < -0.3 is 19.9 Å². The molecule has 3 rings (SSSR count). The quantitative estimate of drug-likeness (QED) is 0.350. The Morgan fingerprint density at radius 2 is 1.61 bits per heavy atom. The van der Waals surface area contributed by atoms with Crippen molar-refractivity contribution in [2.75, 3.05) is 0 Å². The first-order valence-corrected chi connectivity index (χ1v) is 9.04. The summed E-state index contributed by atoms with van der Waals surface area (Å²) in [5.74, 6) is -2.04. The number of carbonyl (C=O) groups excluding carboxylic acids is 1. The summed E-state index contributed by atoms with van der Waals surface area (Å²) in [4.78, 5) is 11.0. The standard InChI is InChI=1S/C19H14O7S.Na/c20-14-7-5-11(9-16(14)22)19(12-6-8-15(21)17(23)10-12)13-3-1-2-4-18(13)27(24,25)26;/h1-10,20,22-23H,(H,24,25,26);/q;+1/p-1. The molecule has 138 valence electrons. The Kier molecular flexibility index (Phi) is 6.53. The van der Waals surface area contributed by atoms with E-state index in [-0.39, 0.29) is 57.6 Å². The number of ketones is 1. The monoisotopic (exact) mass is 408 g/mol. The second-order valence-electron chi connectivity index (χ2n) is 5.71. The molecule has 0 spiro atoms. The van der Waals surface area contributed by atoms with Crippen LogP contribution >= 0.6 is 0 Å². The maximum Gasteiger partial charge on any atom is 1.00 e. The molecular weight excluding hydrogens is 395 g/mol. The van der Waals surface area contributed by atoms with Crippen molar-refractivity contribution in [1.82, 2.24) is 0 Å². The minimum Gasteiger partial charge on any atom is -0.744 e. The Balaban J connectivity index is 0.00000280. The van der Waals surface area contributed by atoms with Crippen molar-refractivity contribution in [3.05, 3.63) is 83.2 Å². The van der Waals surface area contributed by atoms with Crippen molar-refractivity contribution in [3.8, 4) is 11.5 Å². The smallest absolute Gasteiger partial charge is 0.744 e. The molecule has 2 aromatic carbocycles. The van der Waals surface area contributed by atoms with Crippen LogP contribution in [0.4, 0.5) is 0 Å². The van der Waals surface area contributed by atoms with Crippen molar-refractivity contribution in [2.45, 2.75) is 4.90 Å². The van der Waals surface area contributed by atoms with Gasteiger partial charge in [0.1, 0.15) is 10.1 Å². The van der Waals surface area contributed by atoms with Crippen LogP contribution in [0.25, 0.3) is 5.57 Å². The molecule has 0 heterocycles. The number of hydrogen-bond donors (Lipinski definition) is 3. The van der Waals surface area contributed by atoms with Gasteiger partial charge in [0, 0.05) is 5.56 Å². The molecule has 0 unspecified atom stereocenters. The van der Waals surface area contributed by atoms with Gasteiger partial charge in [-0.05, 0) is 47.1 Å². The fourth-order valence-corrected chi connectivity index (χ4v) is 3.41. The first-order valence-electron chi connectivity index (χ1n) is 7.63. The molecule has 1 aliphatic rings. The van der Waals surface area contributed by atoms with Gasteiger partial charge in [-0.3, -0.25) is 4.79 Å². The Bertz CT molecular complexity index is 1140. The molecule has 0 radical (unpaired) electrons. The van der Waals surface area contributed by atoms with Crippen molar-refractivity contribution >= 4 is 21.5 Å². The average molecular weight is 408 g/mol. The SMILES string of the molecule is O=C1C=CC(=C(c2ccc(O)c(O)c2)c2ccccc2S(=O)(=O)[O-])C=C1O.[Na+]. The van der Waals surface area contributed by atoms with Gasteiger partial charge in [-0.15, -0.1) is 0 Å². The van der Waals surface area contributed by atoms with Gasteiger partial charge in [-0.25, -0.2) is 8.42 Å². The molecule has 3 N–H and O–H groups in total. The van der Waals surface area contributed by atoms with Crippen LogP contribution in [0.1, 0.15) is 11.1 Å². The van der Waals surface area contributed by atoms with E-state index in [2.05, 4.69) is 0 Å². The molecule has 0 fully saturated rings. The zero-order valence-corrected chi connectivity index (χ0v) is 17.5. The number of benzene rings is 2. The number of aromatic hydroxyl groups is 2. The third-order valence-corrected chi connectivity index (χ3v) is 4.83. The van der Waals surface area contributed by atoms with Crippen molar-refractivity contribution in [2.24, 2.45) is 0 Å². The van der Waals surface area contributed by atoms with E-state index in [1.165, 1.54) is 42.5 Å². The van der Waals surface area contributed by atoms with Crippen LogP contribution in [0.3, 0.4) is 0 Å². The van der Waals surface area contributed by atoms with Gasteiger partial charge in [0.2, 0.25) is 5.78 Å². The Hall–Kier alpha value is -2.36. The van der Waals surface area contributed by atoms with Crippen molar-refractivity contribution < 1.29 is 62.6 Å². The molecule has 2 aromatic rings. The van der Waals surface area contributed by atoms with E-state index in [0.717, 1.165) is 18.2 Å². The number of aliphatic hydroxyl groups is 1. The van der Waals surface area contributed by atoms with E-state index in [9.17, 15) is 33.1 Å². The molecule has 28 heavy (non-hydrogen) atoms. The predicted molar refractivity (Wildman–Crippen MR) is 95.1 cm³/mol. The average Bonchev–Trinajstić information content (AvgIpc) is 2.61. The number of aliphatic hydroxyl groups excluding tert-OH is 1. The first kappa shape index (κ1) is 21.9. The van der Waals surface area contributed by atoms with Gasteiger partial charge in [-0.1, -0.05) is 30.3 Å². The number of hydrogen-bond acceptors (Lipinski definition) is 7. The predicted octanol–water partition coefficient (Wildman–Crippen LogP) is -0.611. The van der Waals surface area contributed by atoms with Crippen LogP contribution < -0.4 is 29.6 Å². The van der Waals surface area contributed by atoms with Gasteiger partial charge in [0.05, 0.1) is 4.90 Å². The molecule has 0 saturated carbocycles. The number of phenols is 2. The fourth-order valence-electron chi connectivity index (χ4n) is 2.72. The van der Waals surface area contributed by atoms with E-state index >= 15 is 0 Å². The fraction of sp³-hybridized carbons (Fsp3) is 0. The zero-order valence-electron chi connectivity index (χ0n) is 14.7. The molecule has 0 bridgehead atoms. The largest absolute Gasteiger partial charge is 1.00 e. The third-order valence-electron chi connectivity index (χ3n) is 3.94. The Morgan fingerprint density at radius 3 is 2.21 bits per heavy atom. The van der Waals surface area contributed by atoms with Crippen LogP contribution in [-0.2, 0) is 14.9 Å². The summed E-state index contributed by atoms with van der Waals surface area (Å²) < 4.78 is 35.1. The van der Waals surface area contributed by atoms with E-state index in [0.29, 0.717) is 0 Å². The van der Waals surface area contributed by atoms with Crippen LogP contribution in [0.2, 0.25) is 0 Å². The van der Waals surface area contributed by atoms with Crippen LogP contribution in [0, 0.1) is 0 Å². The molecule has 0 saturated heterocycles. The Labute approximate surface area is 183 Å². The second-order valence-corrected chi connectivity index (χ2v) is 7.06. The normalized spacial score (nSPS) is 15.6. The van der Waals surface area contributed by atoms with Gasteiger partial charge >= 0.3 is 29.6 Å². The molecule has 7 nitrogen and oxygen atoms in total. The summed E-state index contributed by atoms with van der Waals surface area (Å²) in [6.07, 6.45) is 3.59. The number of rotatable bonds is 3. The topological polar surface area (TPSA) is 135 Å². The molecule has 1 aliphatic carbocycles. The number of phenolic OH excluding ortho intramolecular Hbond substituents is 2. The molecule has 0 aliphatic heterocycles. The molecule has 0 aromatic heterocycles. The van der Waals surface area contributed by atoms with Crippen molar-refractivity contribution in [3.63, 3.8) is 0 Å². The summed E-state index contributed by atoms with van der Waals surface area (Å²) in [6, 6.07) is 9.22. The second kappa shape index (κ2) is 8.34. The third kappa shape index (κ3) is 4.37. The van der Waals surface area contributed by atoms with Crippen LogP contribution in [0.5, 0.6) is 11.5 Å². The molecular formula is C19H13NaO7S. The van der Waals surface area contributed by atoms with E-state index in [1.807, 2.05) is 0 Å². The summed E-state index contributed by atoms with van der Waals surface area (Å²) in [5.41, 5.74) is 0.707. The van der Waals surface area contributed by atoms with E-state index in [1.54, 1.807) is 0 Å². The summed E-state index contributed by atoms with van der Waals surface area (Å²) in [7, 11) is -4.84. The summed E-state index contributed by atoms with van der Waals surface area (Å²) in [6.45, 7) is 0. The van der Waals surface area contributed by atoms with Gasteiger partial charge in [0.25, 0.3) is 0 Å². The maximum absolute atomic E-state index is 11.7. The minimum absolute atomic E-state index is 0. The number of allylic oxidation sites excluding steroid dienone is 4. The van der Waals surface area contributed by atoms with Gasteiger partial charge in [0.15, 0.2) is 17.3 Å². The van der Waals surface area contributed by atoms with E-state index in [4.69, 9.17) is 0 Å². The number of carbonyl (C=O) groups is 1. The maximum atomic E-state index is 11.7. The molecule has 0 atom stereocenters. The molecule has 9 heteroatoms.